The molecule has 0 unspecified atom stereocenters. The third kappa shape index (κ3) is 20.9. The molecular formula is C18H34KNO4S. The Labute approximate surface area is 197 Å². The Balaban J connectivity index is 0. The summed E-state index contributed by atoms with van der Waals surface area (Å²) in [5.41, 5.74) is 0. The number of allylic oxidation sites excluding steroid dienone is 1. The van der Waals surface area contributed by atoms with E-state index in [-0.39, 0.29) is 70.3 Å². The predicted octanol–water partition coefficient (Wildman–Crippen LogP) is 0.861. The van der Waals surface area contributed by atoms with Gasteiger partial charge in [0.1, 0.15) is 0 Å². The molecule has 0 aromatic heterocycles. The topological polar surface area (TPSA) is 77.5 Å². The fourth-order valence-corrected chi connectivity index (χ4v) is 2.96. The molecule has 0 fully saturated rings. The zero-order valence-electron chi connectivity index (χ0n) is 16.3. The Morgan fingerprint density at radius 1 is 0.960 bits per heavy atom. The quantitative estimate of drug-likeness (QED) is 0.177. The summed E-state index contributed by atoms with van der Waals surface area (Å²) in [7, 11) is -2.58. The number of likely N-dealkylation sites (N-methyl/N-ethyl adjacent to an activating group) is 1. The summed E-state index contributed by atoms with van der Waals surface area (Å²) in [6, 6.07) is 0. The van der Waals surface area contributed by atoms with Crippen molar-refractivity contribution >= 4 is 16.0 Å². The van der Waals surface area contributed by atoms with Gasteiger partial charge in [-0.15, -0.1) is 0 Å². The Morgan fingerprint density at radius 3 is 2.00 bits per heavy atom. The van der Waals surface area contributed by atoms with Gasteiger partial charge in [0.25, 0.3) is 0 Å². The minimum Gasteiger partial charge on any atom is -0.748 e. The van der Waals surface area contributed by atoms with Gasteiger partial charge in [-0.2, -0.15) is 0 Å². The molecule has 0 saturated carbocycles. The first kappa shape index (κ1) is 28.0. The summed E-state index contributed by atoms with van der Waals surface area (Å²) in [6.45, 7) is 2.51. The van der Waals surface area contributed by atoms with E-state index in [2.05, 4.69) is 6.92 Å². The molecule has 1 amide bonds. The Hall–Kier alpha value is 0.756. The third-order valence-corrected chi connectivity index (χ3v) is 4.79. The van der Waals surface area contributed by atoms with Crippen LogP contribution in [0.1, 0.15) is 77.6 Å². The van der Waals surface area contributed by atoms with Crippen LogP contribution in [0, 0.1) is 0 Å². The molecule has 0 atom stereocenters. The zero-order valence-corrected chi connectivity index (χ0v) is 20.3. The minimum absolute atomic E-state index is 0. The average Bonchev–Trinajstić information content (AvgIpc) is 2.51. The number of nitrogens with zero attached hydrogens (tertiary/aromatic N) is 1. The standard InChI is InChI=1S/C18H35NO4S.K/c1-3-4-5-6-7-8-9-10-11-12-13-15-18(20)19(2)16-14-17-24(21,22)23;/h13,15H,3-12,14,16-17H2,1-2H3,(H,21,22,23);/q;+1/p-1/b15-13+;. The van der Waals surface area contributed by atoms with Crippen LogP contribution in [0.4, 0.5) is 0 Å². The van der Waals surface area contributed by atoms with Crippen molar-refractivity contribution < 1.29 is 69.1 Å². The van der Waals surface area contributed by atoms with E-state index >= 15 is 0 Å². The van der Waals surface area contributed by atoms with E-state index < -0.39 is 15.9 Å². The molecule has 0 aliphatic heterocycles. The predicted molar refractivity (Wildman–Crippen MR) is 97.8 cm³/mol. The monoisotopic (exact) mass is 399 g/mol. The van der Waals surface area contributed by atoms with Gasteiger partial charge in [0.05, 0.1) is 10.1 Å². The van der Waals surface area contributed by atoms with Crippen molar-refractivity contribution in [2.24, 2.45) is 0 Å². The second-order valence-corrected chi connectivity index (χ2v) is 7.92. The maximum atomic E-state index is 11.8. The van der Waals surface area contributed by atoms with Crippen LogP contribution in [-0.4, -0.2) is 43.1 Å². The maximum absolute atomic E-state index is 11.8. The molecular weight excluding hydrogens is 365 g/mol. The molecule has 0 aromatic carbocycles. The van der Waals surface area contributed by atoms with Gasteiger partial charge in [-0.05, 0) is 25.3 Å². The van der Waals surface area contributed by atoms with Crippen LogP contribution in [0.15, 0.2) is 12.2 Å². The summed E-state index contributed by atoms with van der Waals surface area (Å²) >= 11 is 0. The van der Waals surface area contributed by atoms with Gasteiger partial charge in [0.2, 0.25) is 5.91 Å². The van der Waals surface area contributed by atoms with Crippen molar-refractivity contribution in [2.75, 3.05) is 19.3 Å². The second-order valence-electron chi connectivity index (χ2n) is 6.39. The number of amides is 1. The van der Waals surface area contributed by atoms with E-state index in [0.29, 0.717) is 0 Å². The fourth-order valence-electron chi connectivity index (χ4n) is 2.47. The van der Waals surface area contributed by atoms with Gasteiger partial charge in [-0.3, -0.25) is 4.79 Å². The first-order valence-corrected chi connectivity index (χ1v) is 10.8. The van der Waals surface area contributed by atoms with Crippen LogP contribution >= 0.6 is 0 Å². The van der Waals surface area contributed by atoms with Gasteiger partial charge in [0.15, 0.2) is 0 Å². The number of hydrogen-bond donors (Lipinski definition) is 0. The van der Waals surface area contributed by atoms with Crippen LogP contribution in [-0.2, 0) is 14.9 Å². The van der Waals surface area contributed by atoms with Gasteiger partial charge >= 0.3 is 51.4 Å². The van der Waals surface area contributed by atoms with Gasteiger partial charge in [-0.1, -0.05) is 64.4 Å². The molecule has 0 aliphatic rings. The van der Waals surface area contributed by atoms with Crippen molar-refractivity contribution in [3.63, 3.8) is 0 Å². The summed E-state index contributed by atoms with van der Waals surface area (Å²) in [6.07, 6.45) is 16.0. The molecule has 5 nitrogen and oxygen atoms in total. The largest absolute Gasteiger partial charge is 1.00 e. The van der Waals surface area contributed by atoms with Crippen molar-refractivity contribution in [1.29, 1.82) is 0 Å². The van der Waals surface area contributed by atoms with Crippen molar-refractivity contribution in [3.8, 4) is 0 Å². The molecule has 0 heterocycles. The second kappa shape index (κ2) is 18.1. The van der Waals surface area contributed by atoms with Crippen molar-refractivity contribution in [1.82, 2.24) is 4.90 Å². The third-order valence-electron chi connectivity index (χ3n) is 4.00. The molecule has 142 valence electrons. The molecule has 0 aromatic rings. The van der Waals surface area contributed by atoms with Crippen LogP contribution in [0.2, 0.25) is 0 Å². The molecule has 7 heteroatoms. The number of carbonyl (C=O) groups is 1. The van der Waals surface area contributed by atoms with E-state index in [1.807, 2.05) is 6.08 Å². The number of unbranched alkanes of at least 4 members (excludes halogenated alkanes) is 9. The molecule has 25 heavy (non-hydrogen) atoms. The summed E-state index contributed by atoms with van der Waals surface area (Å²) in [4.78, 5) is 13.2. The number of rotatable bonds is 15. The summed E-state index contributed by atoms with van der Waals surface area (Å²) < 4.78 is 31.5. The maximum Gasteiger partial charge on any atom is 1.00 e. The molecule has 0 spiro atoms. The van der Waals surface area contributed by atoms with E-state index in [9.17, 15) is 17.8 Å². The van der Waals surface area contributed by atoms with Gasteiger partial charge in [-0.25, -0.2) is 8.42 Å². The van der Waals surface area contributed by atoms with Crippen LogP contribution in [0.25, 0.3) is 0 Å². The van der Waals surface area contributed by atoms with Gasteiger partial charge < -0.3 is 9.45 Å². The van der Waals surface area contributed by atoms with Crippen molar-refractivity contribution in [2.45, 2.75) is 77.6 Å². The van der Waals surface area contributed by atoms with Gasteiger partial charge in [0, 0.05) is 19.3 Å². The Bertz CT molecular complexity index is 452. The normalized spacial score (nSPS) is 11.5. The van der Waals surface area contributed by atoms with Crippen molar-refractivity contribution in [3.05, 3.63) is 12.2 Å². The van der Waals surface area contributed by atoms with Crippen LogP contribution < -0.4 is 51.4 Å². The average molecular weight is 400 g/mol. The molecule has 0 N–H and O–H groups in total. The SMILES string of the molecule is CCCCCCCCCCC/C=C/C(=O)N(C)CCCS(=O)(=O)[O-].[K+]. The molecule has 0 rings (SSSR count). The number of hydrogen-bond acceptors (Lipinski definition) is 4. The van der Waals surface area contributed by atoms with E-state index in [1.165, 1.54) is 62.3 Å². The first-order valence-electron chi connectivity index (χ1n) is 9.22. The van der Waals surface area contributed by atoms with E-state index in [1.54, 1.807) is 7.05 Å². The molecule has 0 aliphatic carbocycles. The smallest absolute Gasteiger partial charge is 0.748 e. The summed E-state index contributed by atoms with van der Waals surface area (Å²) in [5.74, 6) is -0.568. The number of carbonyl (C=O) groups excluding carboxylic acids is 1. The Kier molecular flexibility index (Phi) is 20.3. The minimum atomic E-state index is -4.19. The molecule has 0 radical (unpaired) electrons. The van der Waals surface area contributed by atoms with Crippen LogP contribution in [0.3, 0.4) is 0 Å². The van der Waals surface area contributed by atoms with E-state index in [0.717, 1.165) is 12.8 Å². The fraction of sp³-hybridized carbons (Fsp3) is 0.833. The van der Waals surface area contributed by atoms with E-state index in [4.69, 9.17) is 0 Å². The van der Waals surface area contributed by atoms with Crippen LogP contribution in [0.5, 0.6) is 0 Å². The summed E-state index contributed by atoms with van der Waals surface area (Å²) in [5, 5.41) is 0. The Morgan fingerprint density at radius 2 is 1.48 bits per heavy atom. The molecule has 0 saturated heterocycles. The zero-order chi connectivity index (χ0) is 18.3. The molecule has 0 bridgehead atoms. The first-order chi connectivity index (χ1) is 11.4.